The van der Waals surface area contributed by atoms with Crippen LogP contribution < -0.4 is 62.0 Å². The number of fused-ring (bicyclic) bond motifs is 8. The molecule has 634 valence electrons. The van der Waals surface area contributed by atoms with E-state index in [4.69, 9.17) is 4.74 Å². The van der Waals surface area contributed by atoms with Crippen molar-refractivity contribution in [3.8, 4) is 67.1 Å². The first-order valence-electron chi connectivity index (χ1n) is 46.2. The molecule has 4 aliphatic heterocycles. The van der Waals surface area contributed by atoms with Gasteiger partial charge in [-0.05, 0) is 206 Å². The molecule has 4 heterocycles. The highest BCUT2D eigenvalue weighted by atomic mass is 16.5. The van der Waals surface area contributed by atoms with Crippen molar-refractivity contribution in [2.75, 3.05) is 24.5 Å². The van der Waals surface area contributed by atoms with Crippen molar-refractivity contribution in [2.45, 2.75) is 131 Å². The van der Waals surface area contributed by atoms with Crippen LogP contribution in [0.1, 0.15) is 132 Å². The number of hydrogen-bond donors (Lipinski definition) is 0. The molecule has 6 nitrogen and oxygen atoms in total. The number of nitrogens with zero attached hydrogens (tertiary/aromatic N) is 5. The van der Waals surface area contributed by atoms with E-state index in [1.54, 1.807) is 0 Å². The van der Waals surface area contributed by atoms with Gasteiger partial charge in [0.15, 0.2) is 0 Å². The largest absolute Gasteiger partial charge is 0.458 e. The molecular weight excluding hydrogens is 1570 g/mol. The molecule has 17 aromatic carbocycles. The van der Waals surface area contributed by atoms with Gasteiger partial charge >= 0.3 is 0 Å². The van der Waals surface area contributed by atoms with Gasteiger partial charge in [0.05, 0.1) is 34.1 Å². The molecule has 130 heavy (non-hydrogen) atoms. The number of benzene rings is 17. The molecule has 0 N–H and O–H groups in total. The fourth-order valence-electron chi connectivity index (χ4n) is 20.5. The maximum absolute atomic E-state index is 7.80. The second-order valence-corrected chi connectivity index (χ2v) is 40.9. The normalized spacial score (nSPS) is 13.2. The lowest BCUT2D eigenvalue weighted by atomic mass is 9.30. The Bertz CT molecular complexity index is 7120. The zero-order valence-electron chi connectivity index (χ0n) is 77.2. The van der Waals surface area contributed by atoms with Gasteiger partial charge in [-0.1, -0.05) is 395 Å². The van der Waals surface area contributed by atoms with E-state index in [1.165, 1.54) is 49.7 Å². The van der Waals surface area contributed by atoms with Gasteiger partial charge in [-0.25, -0.2) is 0 Å². The Morgan fingerprint density at radius 1 is 0.215 bits per heavy atom. The molecular formula is C122H109B2N5O. The summed E-state index contributed by atoms with van der Waals surface area (Å²) >= 11 is 0. The maximum Gasteiger partial charge on any atom is 0.256 e. The zero-order chi connectivity index (χ0) is 89.4. The Balaban J connectivity index is 0.895. The van der Waals surface area contributed by atoms with E-state index in [9.17, 15) is 0 Å². The minimum Gasteiger partial charge on any atom is -0.458 e. The molecule has 8 heteroatoms. The van der Waals surface area contributed by atoms with Crippen LogP contribution in [-0.2, 0) is 27.1 Å². The lowest BCUT2D eigenvalue weighted by Gasteiger charge is -2.47. The highest BCUT2D eigenvalue weighted by molar-refractivity contribution is 7.02. The van der Waals surface area contributed by atoms with Crippen molar-refractivity contribution in [3.63, 3.8) is 0 Å². The van der Waals surface area contributed by atoms with Crippen molar-refractivity contribution in [1.82, 2.24) is 0 Å². The summed E-state index contributed by atoms with van der Waals surface area (Å²) in [6.07, 6.45) is 0. The van der Waals surface area contributed by atoms with E-state index < -0.39 is 0 Å². The molecule has 4 aliphatic rings. The van der Waals surface area contributed by atoms with Crippen LogP contribution in [0.4, 0.5) is 85.3 Å². The van der Waals surface area contributed by atoms with E-state index in [0.29, 0.717) is 0 Å². The van der Waals surface area contributed by atoms with E-state index in [1.807, 2.05) is 0 Å². The van der Waals surface area contributed by atoms with Crippen LogP contribution in [-0.4, -0.2) is 13.4 Å². The summed E-state index contributed by atoms with van der Waals surface area (Å²) in [4.78, 5) is 12.9. The molecule has 21 rings (SSSR count). The molecule has 17 aromatic rings. The van der Waals surface area contributed by atoms with Gasteiger partial charge in [-0.2, -0.15) is 0 Å². The molecule has 0 saturated heterocycles. The fraction of sp³-hybridized carbons (Fsp3) is 0.164. The van der Waals surface area contributed by atoms with Gasteiger partial charge in [-0.3, -0.25) is 0 Å². The number of rotatable bonds is 14. The minimum absolute atomic E-state index is 0.0317. The Morgan fingerprint density at radius 2 is 0.554 bits per heavy atom. The Labute approximate surface area is 769 Å². The molecule has 0 atom stereocenters. The molecule has 0 spiro atoms. The van der Waals surface area contributed by atoms with Crippen molar-refractivity contribution < 1.29 is 4.74 Å². The van der Waals surface area contributed by atoms with Crippen LogP contribution in [0.3, 0.4) is 0 Å². The van der Waals surface area contributed by atoms with E-state index in [2.05, 4.69) is 517 Å². The molecule has 0 bridgehead atoms. The third-order valence-electron chi connectivity index (χ3n) is 27.3. The minimum atomic E-state index is -0.337. The first-order chi connectivity index (χ1) is 62.7. The molecule has 0 radical (unpaired) electrons. The summed E-state index contributed by atoms with van der Waals surface area (Å²) in [5.41, 5.74) is 40.0. The Hall–Kier alpha value is -14.3. The summed E-state index contributed by atoms with van der Waals surface area (Å²) in [7, 11) is 0. The highest BCUT2D eigenvalue weighted by Crippen LogP contribution is 2.57. The smallest absolute Gasteiger partial charge is 0.256 e. The Morgan fingerprint density at radius 3 is 1.02 bits per heavy atom. The highest BCUT2D eigenvalue weighted by Gasteiger charge is 2.50. The van der Waals surface area contributed by atoms with Crippen LogP contribution in [0, 0.1) is 0 Å². The zero-order valence-corrected chi connectivity index (χ0v) is 77.2. The van der Waals surface area contributed by atoms with Gasteiger partial charge in [0.2, 0.25) is 0 Å². The van der Waals surface area contributed by atoms with Crippen LogP contribution in [0.25, 0.3) is 55.6 Å². The van der Waals surface area contributed by atoms with Crippen LogP contribution in [0.15, 0.2) is 388 Å². The quantitative estimate of drug-likeness (QED) is 0.101. The van der Waals surface area contributed by atoms with Crippen molar-refractivity contribution in [1.29, 1.82) is 0 Å². The van der Waals surface area contributed by atoms with Crippen molar-refractivity contribution >= 4 is 132 Å². The summed E-state index contributed by atoms with van der Waals surface area (Å²) in [5.74, 6) is 1.62. The van der Waals surface area contributed by atoms with Gasteiger partial charge in [0.1, 0.15) is 11.5 Å². The van der Waals surface area contributed by atoms with Crippen LogP contribution in [0.2, 0.25) is 0 Å². The summed E-state index contributed by atoms with van der Waals surface area (Å²) < 4.78 is 7.80. The SMILES string of the molecule is CC(C)(C)c1ccc(-c2ccccc2N(c2ccccc2)c2cc3c4c(c2)N(c2c(-c5ccc(C(C)(C)C)cc5)cccc2-c2ccc(C(C)(C)C)cc2)c2cc5c(cc2B4c2ccccc2O3)B2c3ccccc3N(c3ccccc3-c3ccc(C(C)(C)C)cc3)c3cc(N(c4ccccc4)c4ccccc4-c4ccc(C(C)(C)C)cc4)cc(c32)N5c2ccccc2)cc1. The third-order valence-corrected chi connectivity index (χ3v) is 27.3. The predicted octanol–water partition coefficient (Wildman–Crippen LogP) is 29.9. The van der Waals surface area contributed by atoms with E-state index >= 15 is 0 Å². The third kappa shape index (κ3) is 14.6. The van der Waals surface area contributed by atoms with E-state index in [-0.39, 0.29) is 40.5 Å². The number of ether oxygens (including phenoxy) is 1. The van der Waals surface area contributed by atoms with Crippen LogP contribution >= 0.6 is 0 Å². The topological polar surface area (TPSA) is 25.4 Å². The summed E-state index contributed by atoms with van der Waals surface area (Å²) in [5, 5.41) is 0. The van der Waals surface area contributed by atoms with E-state index in [0.717, 1.165) is 163 Å². The van der Waals surface area contributed by atoms with Crippen molar-refractivity contribution in [3.05, 3.63) is 416 Å². The van der Waals surface area contributed by atoms with Gasteiger partial charge in [-0.15, -0.1) is 0 Å². The van der Waals surface area contributed by atoms with Gasteiger partial charge in [0, 0.05) is 85.1 Å². The van der Waals surface area contributed by atoms with Crippen molar-refractivity contribution in [2.24, 2.45) is 0 Å². The van der Waals surface area contributed by atoms with Crippen LogP contribution in [0.5, 0.6) is 11.5 Å². The summed E-state index contributed by atoms with van der Waals surface area (Å²) in [6, 6.07) is 148. The molecule has 0 aromatic heterocycles. The standard InChI is InChI=1S/C122H109B2N5O/c1-118(2,3)85-64-54-80(55-65-85)95-42-25-30-49-104(95)125(90-36-19-16-20-37-90)93-74-110-115-111(75-93)128(106-51-32-27-44-97(106)82-58-68-87(69-59-82)120(7,8)9)107-52-33-28-47-100(107)123(115)102-78-103-109(79-108(102)127(110)92-40-23-18-24-41-92)129(117-98(83-60-70-88(71-61-83)121(10,11)12)45-35-46-99(117)84-62-72-89(73-63-84)122(13,14)15)112-76-94(77-114-116(112)124(103)101-48-29-34-53-113(101)130-114)126(91-38-21-17-22-39-91)105-50-31-26-43-96(105)81-56-66-86(67-57-81)119(4,5)6/h16-79H,1-15H3. The maximum atomic E-state index is 7.80. The second kappa shape index (κ2) is 31.9. The molecule has 0 fully saturated rings. The number of hydrogen-bond acceptors (Lipinski definition) is 6. The molecule has 0 aliphatic carbocycles. The Kier molecular flexibility index (Phi) is 20.2. The lowest BCUT2D eigenvalue weighted by molar-refractivity contribution is 0.487. The first kappa shape index (κ1) is 82.6. The number of anilines is 15. The van der Waals surface area contributed by atoms with Gasteiger partial charge < -0.3 is 29.2 Å². The number of para-hydroxylation sites is 9. The van der Waals surface area contributed by atoms with Gasteiger partial charge in [0.25, 0.3) is 13.4 Å². The summed E-state index contributed by atoms with van der Waals surface area (Å²) in [6.45, 7) is 33.9. The molecule has 0 saturated carbocycles. The predicted molar refractivity (Wildman–Crippen MR) is 556 cm³/mol. The fourth-order valence-corrected chi connectivity index (χ4v) is 20.5. The average molecular weight is 1680 g/mol. The molecule has 0 amide bonds. The monoisotopic (exact) mass is 1680 g/mol. The average Bonchev–Trinajstić information content (AvgIpc) is 0.679. The second-order valence-electron chi connectivity index (χ2n) is 40.9. The molecule has 0 unspecified atom stereocenters. The lowest BCUT2D eigenvalue weighted by Crippen LogP contribution is -2.64. The first-order valence-corrected chi connectivity index (χ1v) is 46.2.